The molecule has 0 heterocycles. The van der Waals surface area contributed by atoms with E-state index in [1.54, 1.807) is 0 Å². The summed E-state index contributed by atoms with van der Waals surface area (Å²) in [6.45, 7) is 10.9. The third kappa shape index (κ3) is 5.57. The third-order valence-corrected chi connectivity index (χ3v) is 10.3. The summed E-state index contributed by atoms with van der Waals surface area (Å²) in [7, 11) is 0. The fraction of sp³-hybridized carbons (Fsp3) is 0.862. The van der Waals surface area contributed by atoms with Crippen molar-refractivity contribution in [2.45, 2.75) is 110 Å². The second-order valence-corrected chi connectivity index (χ2v) is 12.9. The zero-order valence-electron chi connectivity index (χ0n) is 22.5. The Morgan fingerprint density at radius 2 is 1.83 bits per heavy atom. The van der Waals surface area contributed by atoms with Gasteiger partial charge in [0.2, 0.25) is 0 Å². The van der Waals surface area contributed by atoms with Gasteiger partial charge in [0.15, 0.2) is 0 Å². The molecule has 4 aliphatic carbocycles. The van der Waals surface area contributed by atoms with Gasteiger partial charge in [0.25, 0.3) is 0 Å². The number of ether oxygens (including phenoxy) is 1. The van der Waals surface area contributed by atoms with Crippen LogP contribution in [0.2, 0.25) is 0 Å². The molecule has 0 spiro atoms. The Kier molecular flexibility index (Phi) is 9.90. The molecule has 0 aliphatic heterocycles. The van der Waals surface area contributed by atoms with Crippen LogP contribution in [0.3, 0.4) is 0 Å². The maximum Gasteiger partial charge on any atom is 0.110 e. The molecule has 0 saturated heterocycles. The van der Waals surface area contributed by atoms with E-state index in [2.05, 4.69) is 32.9 Å². The molecule has 4 rings (SSSR count). The first-order valence-corrected chi connectivity index (χ1v) is 13.7. The van der Waals surface area contributed by atoms with Crippen LogP contribution in [0.25, 0.3) is 0 Å². The Labute approximate surface area is 248 Å². The average Bonchev–Trinajstić information content (AvgIpc) is 3.11. The maximum absolute atomic E-state index is 11.5. The molecule has 0 amide bonds. The molecule has 1 radical (unpaired) electrons. The minimum Gasteiger partial charge on any atom is -0.394 e. The molecule has 6 heteroatoms. The second-order valence-electron chi connectivity index (χ2n) is 12.9. The number of hydrogen-bond acceptors (Lipinski definition) is 5. The molecule has 3 fully saturated rings. The van der Waals surface area contributed by atoms with Gasteiger partial charge in [-0.3, -0.25) is 0 Å². The second kappa shape index (κ2) is 11.5. The van der Waals surface area contributed by atoms with Gasteiger partial charge in [-0.1, -0.05) is 56.9 Å². The Balaban J connectivity index is 0.00000342. The van der Waals surface area contributed by atoms with Crippen molar-refractivity contribution in [1.82, 2.24) is 0 Å². The molecule has 4 aliphatic rings. The van der Waals surface area contributed by atoms with Crippen molar-refractivity contribution in [3.63, 3.8) is 0 Å². The van der Waals surface area contributed by atoms with E-state index in [1.807, 2.05) is 13.8 Å². The van der Waals surface area contributed by atoms with Crippen LogP contribution < -0.4 is 0 Å². The van der Waals surface area contributed by atoms with Crippen molar-refractivity contribution in [1.29, 1.82) is 0 Å². The molecule has 4 N–H and O–H groups in total. The third-order valence-electron chi connectivity index (χ3n) is 10.3. The van der Waals surface area contributed by atoms with Gasteiger partial charge in [-0.15, -0.1) is 0 Å². The minimum atomic E-state index is -0.787. The zero-order valence-corrected chi connectivity index (χ0v) is 27.3. The smallest absolute Gasteiger partial charge is 0.110 e. The first-order chi connectivity index (χ1) is 15.9. The summed E-state index contributed by atoms with van der Waals surface area (Å²) in [6.07, 6.45) is 10.6. The van der Waals surface area contributed by atoms with Crippen molar-refractivity contribution in [2.24, 2.45) is 34.5 Å². The summed E-state index contributed by atoms with van der Waals surface area (Å²) in [5, 5.41) is 41.5. The van der Waals surface area contributed by atoms with Crippen molar-refractivity contribution in [2.75, 3.05) is 13.2 Å². The van der Waals surface area contributed by atoms with Crippen molar-refractivity contribution < 1.29 is 69.2 Å². The molecule has 35 heavy (non-hydrogen) atoms. The maximum atomic E-state index is 11.5. The van der Waals surface area contributed by atoms with Crippen LogP contribution in [-0.2, 0) is 4.74 Å². The average molecular weight is 704 g/mol. The van der Waals surface area contributed by atoms with Gasteiger partial charge in [0.1, 0.15) is 6.10 Å². The minimum absolute atomic E-state index is 0. The van der Waals surface area contributed by atoms with Crippen LogP contribution >= 0.6 is 0 Å². The molecule has 0 aromatic heterocycles. The van der Waals surface area contributed by atoms with E-state index >= 15 is 0 Å². The number of aliphatic hydroxyl groups is 4. The van der Waals surface area contributed by atoms with Gasteiger partial charge in [0.05, 0.1) is 31.0 Å². The van der Waals surface area contributed by atoms with E-state index in [4.69, 9.17) is 4.74 Å². The summed E-state index contributed by atoms with van der Waals surface area (Å²) >= 11 is 0. The van der Waals surface area contributed by atoms with Crippen LogP contribution in [0.1, 0.15) is 86.0 Å². The van der Waals surface area contributed by atoms with Crippen LogP contribution in [-0.4, -0.2) is 57.6 Å². The fourth-order valence-electron chi connectivity index (χ4n) is 8.48. The number of rotatable bonds is 8. The van der Waals surface area contributed by atoms with Gasteiger partial charge in [-0.05, 0) is 81.5 Å². The molecule has 197 valence electrons. The van der Waals surface area contributed by atoms with Crippen LogP contribution in [0.15, 0.2) is 23.3 Å². The predicted octanol–water partition coefficient (Wildman–Crippen LogP) is 4.38. The summed E-state index contributed by atoms with van der Waals surface area (Å²) in [5.74, 6) is 2.15. The fourth-order valence-corrected chi connectivity index (χ4v) is 8.48. The molecule has 9 atom stereocenters. The first-order valence-electron chi connectivity index (χ1n) is 13.7. The molecule has 3 saturated carbocycles. The van der Waals surface area contributed by atoms with Gasteiger partial charge < -0.3 is 25.2 Å². The Bertz CT molecular complexity index is 803. The normalized spacial score (nSPS) is 41.6. The Morgan fingerprint density at radius 3 is 2.49 bits per heavy atom. The first kappa shape index (κ1) is 30.3. The van der Waals surface area contributed by atoms with Crippen molar-refractivity contribution in [3.8, 4) is 0 Å². The summed E-state index contributed by atoms with van der Waals surface area (Å²) in [6, 6.07) is 0. The van der Waals surface area contributed by atoms with E-state index in [1.165, 1.54) is 31.3 Å². The molecular weight excluding hydrogens is 655 g/mol. The predicted molar refractivity (Wildman–Crippen MR) is 134 cm³/mol. The monoisotopic (exact) mass is 703 g/mol. The summed E-state index contributed by atoms with van der Waals surface area (Å²) in [5.41, 5.74) is 1.91. The van der Waals surface area contributed by atoms with E-state index in [9.17, 15) is 20.4 Å². The van der Waals surface area contributed by atoms with Gasteiger partial charge >= 0.3 is 0 Å². The molecule has 5 nitrogen and oxygen atoms in total. The van der Waals surface area contributed by atoms with Crippen molar-refractivity contribution in [3.05, 3.63) is 23.3 Å². The largest absolute Gasteiger partial charge is 0.394 e. The summed E-state index contributed by atoms with van der Waals surface area (Å²) in [4.78, 5) is 0. The van der Waals surface area contributed by atoms with Crippen molar-refractivity contribution >= 4 is 0 Å². The Hall–Kier alpha value is 0.722. The molecule has 0 aromatic carbocycles. The van der Waals surface area contributed by atoms with Gasteiger partial charge in [-0.2, -0.15) is 0 Å². The van der Waals surface area contributed by atoms with E-state index in [0.717, 1.165) is 24.8 Å². The molecule has 0 bridgehead atoms. The topological polar surface area (TPSA) is 90.2 Å². The number of allylic oxidation sites excluding steroid dienone is 3. The number of fused-ring (bicyclic) bond motifs is 5. The van der Waals surface area contributed by atoms with E-state index < -0.39 is 29.3 Å². The number of aliphatic hydroxyl groups excluding tert-OH is 3. The van der Waals surface area contributed by atoms with Crippen LogP contribution in [0.4, 0.5) is 0 Å². The van der Waals surface area contributed by atoms with E-state index in [0.29, 0.717) is 24.2 Å². The summed E-state index contributed by atoms with van der Waals surface area (Å²) < 4.78 is 5.75. The SMILES string of the molecule is C[C@H](CCCC(C)(C)O)[C@H]1CCC2C3=CC=C4CC(O)C(OCCO)C(O)[C@]4(C)C3CC[C@@]21C.[Ac]. The quantitative estimate of drug-likeness (QED) is 0.302. The Morgan fingerprint density at radius 1 is 1.11 bits per heavy atom. The molecular formula is C29H48AcO5. The number of hydrogen-bond donors (Lipinski definition) is 4. The van der Waals surface area contributed by atoms with Gasteiger partial charge in [-0.25, -0.2) is 0 Å². The van der Waals surface area contributed by atoms with Crippen LogP contribution in [0.5, 0.6) is 0 Å². The van der Waals surface area contributed by atoms with E-state index in [-0.39, 0.29) is 68.6 Å². The standard InChI is InChI=1S/C29H48O5.Ac/c1-18(7-6-13-27(2,3)33)21-10-11-22-20-9-8-19-17-24(31)25(34-16-15-30)26(32)29(19,5)23(20)12-14-28(21,22)4;/h8-9,18,21-26,30-33H,6-7,10-17H2,1-5H3;/t18-,21-,22?,23?,24?,25?,26?,28-,29+;/m1./s1. The van der Waals surface area contributed by atoms with Gasteiger partial charge in [0, 0.05) is 49.5 Å². The van der Waals surface area contributed by atoms with Crippen LogP contribution in [0, 0.1) is 78.6 Å². The molecule has 0 aromatic rings. The zero-order chi connectivity index (χ0) is 24.9. The molecule has 5 unspecified atom stereocenters.